The molecule has 3 rings (SSSR count). The maximum Gasteiger partial charge on any atom is 0.248 e. The van der Waals surface area contributed by atoms with Crippen molar-refractivity contribution in [2.24, 2.45) is 11.7 Å². The molecule has 102 valence electrons. The first-order valence-electron chi connectivity index (χ1n) is 7.03. The van der Waals surface area contributed by atoms with Crippen LogP contribution in [0, 0.1) is 11.7 Å². The third kappa shape index (κ3) is 2.25. The predicted octanol–water partition coefficient (Wildman–Crippen LogP) is 2.75. The second-order valence-electron chi connectivity index (χ2n) is 5.63. The molecule has 0 aromatic heterocycles. The van der Waals surface area contributed by atoms with E-state index in [-0.39, 0.29) is 11.7 Å². The van der Waals surface area contributed by atoms with Crippen molar-refractivity contribution in [3.8, 4) is 0 Å². The van der Waals surface area contributed by atoms with Crippen LogP contribution in [0.15, 0.2) is 18.2 Å². The zero-order valence-corrected chi connectivity index (χ0v) is 10.9. The van der Waals surface area contributed by atoms with Gasteiger partial charge in [-0.05, 0) is 37.0 Å². The van der Waals surface area contributed by atoms with Crippen molar-refractivity contribution in [2.45, 2.75) is 38.1 Å². The number of halogens is 1. The molecule has 3 nitrogen and oxygen atoms in total. The van der Waals surface area contributed by atoms with Gasteiger partial charge in [-0.3, -0.25) is 4.79 Å². The van der Waals surface area contributed by atoms with Gasteiger partial charge in [0.2, 0.25) is 5.91 Å². The summed E-state index contributed by atoms with van der Waals surface area (Å²) in [6.45, 7) is 0.727. The summed E-state index contributed by atoms with van der Waals surface area (Å²) in [7, 11) is 0. The molecule has 1 aliphatic heterocycles. The summed E-state index contributed by atoms with van der Waals surface area (Å²) >= 11 is 0. The number of rotatable bonds is 2. The zero-order chi connectivity index (χ0) is 13.4. The number of amides is 1. The van der Waals surface area contributed by atoms with Crippen molar-refractivity contribution in [3.05, 3.63) is 29.6 Å². The Morgan fingerprint density at radius 2 is 2.00 bits per heavy atom. The normalized spacial score (nSPS) is 23.8. The third-order valence-electron chi connectivity index (χ3n) is 4.31. The highest BCUT2D eigenvalue weighted by atomic mass is 19.1. The summed E-state index contributed by atoms with van der Waals surface area (Å²) in [6, 6.07) is 3.77. The zero-order valence-electron chi connectivity index (χ0n) is 10.9. The first kappa shape index (κ1) is 12.6. The number of carbonyl (C=O) groups excluding carboxylic acids is 1. The van der Waals surface area contributed by atoms with Gasteiger partial charge in [-0.1, -0.05) is 19.3 Å². The quantitative estimate of drug-likeness (QED) is 0.890. The number of hydrogen-bond acceptors (Lipinski definition) is 2. The summed E-state index contributed by atoms with van der Waals surface area (Å²) < 4.78 is 13.3. The molecule has 1 heterocycles. The SMILES string of the molecule is NC1C(=O)N(CC2CCCCC2)c2ccc(F)cc21. The fourth-order valence-electron chi connectivity index (χ4n) is 3.26. The van der Waals surface area contributed by atoms with Gasteiger partial charge in [0.15, 0.2) is 0 Å². The van der Waals surface area contributed by atoms with Gasteiger partial charge in [0.25, 0.3) is 0 Å². The molecule has 1 unspecified atom stereocenters. The average Bonchev–Trinajstić information content (AvgIpc) is 2.65. The van der Waals surface area contributed by atoms with Gasteiger partial charge in [0.05, 0.1) is 0 Å². The molecule has 1 aromatic rings. The van der Waals surface area contributed by atoms with E-state index in [1.807, 2.05) is 0 Å². The number of benzene rings is 1. The highest BCUT2D eigenvalue weighted by molar-refractivity contribution is 6.04. The Kier molecular flexibility index (Phi) is 3.27. The fourth-order valence-corrected chi connectivity index (χ4v) is 3.26. The summed E-state index contributed by atoms with van der Waals surface area (Å²) in [5, 5.41) is 0. The summed E-state index contributed by atoms with van der Waals surface area (Å²) in [4.78, 5) is 14.0. The van der Waals surface area contributed by atoms with Gasteiger partial charge in [-0.15, -0.1) is 0 Å². The standard InChI is InChI=1S/C15H19FN2O/c16-11-6-7-13-12(8-11)14(17)15(19)18(13)9-10-4-2-1-3-5-10/h6-8,10,14H,1-5,9,17H2. The van der Waals surface area contributed by atoms with E-state index in [4.69, 9.17) is 5.73 Å². The van der Waals surface area contributed by atoms with Crippen molar-refractivity contribution in [3.63, 3.8) is 0 Å². The Balaban J connectivity index is 1.84. The Labute approximate surface area is 112 Å². The van der Waals surface area contributed by atoms with Crippen LogP contribution in [0.3, 0.4) is 0 Å². The van der Waals surface area contributed by atoms with Crippen molar-refractivity contribution >= 4 is 11.6 Å². The van der Waals surface area contributed by atoms with Crippen molar-refractivity contribution in [1.82, 2.24) is 0 Å². The summed E-state index contributed by atoms with van der Waals surface area (Å²) in [5.74, 6) is 0.133. The molecule has 1 amide bonds. The first-order chi connectivity index (χ1) is 9.16. The van der Waals surface area contributed by atoms with Crippen LogP contribution in [0.5, 0.6) is 0 Å². The first-order valence-corrected chi connectivity index (χ1v) is 7.03. The maximum atomic E-state index is 13.3. The van der Waals surface area contributed by atoms with Gasteiger partial charge in [-0.2, -0.15) is 0 Å². The lowest BCUT2D eigenvalue weighted by Gasteiger charge is -2.27. The van der Waals surface area contributed by atoms with Crippen molar-refractivity contribution in [1.29, 1.82) is 0 Å². The number of fused-ring (bicyclic) bond motifs is 1. The van der Waals surface area contributed by atoms with Crippen LogP contribution in [0.1, 0.15) is 43.7 Å². The smallest absolute Gasteiger partial charge is 0.248 e. The lowest BCUT2D eigenvalue weighted by atomic mass is 9.89. The third-order valence-corrected chi connectivity index (χ3v) is 4.31. The Morgan fingerprint density at radius 3 is 2.74 bits per heavy atom. The van der Waals surface area contributed by atoms with Crippen molar-refractivity contribution < 1.29 is 9.18 Å². The number of nitrogens with two attached hydrogens (primary N) is 1. The molecule has 0 bridgehead atoms. The molecule has 0 spiro atoms. The highest BCUT2D eigenvalue weighted by Crippen LogP contribution is 2.37. The van der Waals surface area contributed by atoms with E-state index in [1.165, 1.54) is 44.2 Å². The minimum atomic E-state index is -0.700. The van der Waals surface area contributed by atoms with Crippen LogP contribution < -0.4 is 10.6 Å². The molecule has 1 saturated carbocycles. The number of anilines is 1. The lowest BCUT2D eigenvalue weighted by Crippen LogP contribution is -2.36. The monoisotopic (exact) mass is 262 g/mol. The predicted molar refractivity (Wildman–Crippen MR) is 72.3 cm³/mol. The Morgan fingerprint density at radius 1 is 1.26 bits per heavy atom. The van der Waals surface area contributed by atoms with Crippen LogP contribution in [0.25, 0.3) is 0 Å². The number of carbonyl (C=O) groups is 1. The maximum absolute atomic E-state index is 13.3. The average molecular weight is 262 g/mol. The van der Waals surface area contributed by atoms with E-state index >= 15 is 0 Å². The van der Waals surface area contributed by atoms with E-state index in [0.29, 0.717) is 11.5 Å². The van der Waals surface area contributed by atoms with E-state index in [1.54, 1.807) is 11.0 Å². The van der Waals surface area contributed by atoms with Crippen LogP contribution in [-0.2, 0) is 4.79 Å². The topological polar surface area (TPSA) is 46.3 Å². The Bertz CT molecular complexity index is 497. The van der Waals surface area contributed by atoms with E-state index in [9.17, 15) is 9.18 Å². The molecule has 1 atom stereocenters. The minimum absolute atomic E-state index is 0.0915. The van der Waals surface area contributed by atoms with E-state index in [0.717, 1.165) is 12.2 Å². The molecule has 1 fully saturated rings. The molecule has 1 aliphatic carbocycles. The minimum Gasteiger partial charge on any atom is -0.316 e. The van der Waals surface area contributed by atoms with Crippen LogP contribution in [-0.4, -0.2) is 12.5 Å². The van der Waals surface area contributed by atoms with Gasteiger partial charge < -0.3 is 10.6 Å². The molecule has 0 radical (unpaired) electrons. The van der Waals surface area contributed by atoms with Gasteiger partial charge in [0.1, 0.15) is 11.9 Å². The summed E-state index contributed by atoms with van der Waals surface area (Å²) in [5.41, 5.74) is 7.32. The molecule has 2 N–H and O–H groups in total. The van der Waals surface area contributed by atoms with Crippen molar-refractivity contribution in [2.75, 3.05) is 11.4 Å². The fraction of sp³-hybridized carbons (Fsp3) is 0.533. The van der Waals surface area contributed by atoms with Crippen LogP contribution in [0.2, 0.25) is 0 Å². The number of hydrogen-bond donors (Lipinski definition) is 1. The largest absolute Gasteiger partial charge is 0.316 e. The van der Waals surface area contributed by atoms with E-state index in [2.05, 4.69) is 0 Å². The Hall–Kier alpha value is -1.42. The van der Waals surface area contributed by atoms with Gasteiger partial charge in [0, 0.05) is 17.8 Å². The van der Waals surface area contributed by atoms with Crippen LogP contribution in [0.4, 0.5) is 10.1 Å². The molecule has 0 saturated heterocycles. The molecule has 4 heteroatoms. The number of nitrogens with zero attached hydrogens (tertiary/aromatic N) is 1. The second kappa shape index (κ2) is 4.93. The molecule has 2 aliphatic rings. The second-order valence-corrected chi connectivity index (χ2v) is 5.63. The molecule has 1 aromatic carbocycles. The molecule has 19 heavy (non-hydrogen) atoms. The van der Waals surface area contributed by atoms with Gasteiger partial charge >= 0.3 is 0 Å². The van der Waals surface area contributed by atoms with Gasteiger partial charge in [-0.25, -0.2) is 4.39 Å². The van der Waals surface area contributed by atoms with Crippen LogP contribution >= 0.6 is 0 Å². The highest BCUT2D eigenvalue weighted by Gasteiger charge is 2.36. The van der Waals surface area contributed by atoms with E-state index < -0.39 is 6.04 Å². The molecular weight excluding hydrogens is 243 g/mol. The summed E-state index contributed by atoms with van der Waals surface area (Å²) in [6.07, 6.45) is 6.14. The lowest BCUT2D eigenvalue weighted by molar-refractivity contribution is -0.119. The molecular formula is C15H19FN2O.